The van der Waals surface area contributed by atoms with E-state index < -0.39 is 0 Å². The monoisotopic (exact) mass is 191 g/mol. The van der Waals surface area contributed by atoms with E-state index in [1.54, 1.807) is 6.20 Å². The SMILES string of the molecule is Cc1cnc2cc(C)c(=S)[nH]c2n1. The number of hydrogen-bond acceptors (Lipinski definition) is 3. The molecule has 13 heavy (non-hydrogen) atoms. The summed E-state index contributed by atoms with van der Waals surface area (Å²) in [6.07, 6.45) is 1.75. The van der Waals surface area contributed by atoms with Gasteiger partial charge in [-0.3, -0.25) is 4.98 Å². The van der Waals surface area contributed by atoms with Gasteiger partial charge in [-0.1, -0.05) is 12.2 Å². The molecule has 0 amide bonds. The summed E-state index contributed by atoms with van der Waals surface area (Å²) in [5.41, 5.74) is 3.54. The van der Waals surface area contributed by atoms with Crippen LogP contribution in [0.2, 0.25) is 0 Å². The van der Waals surface area contributed by atoms with E-state index in [1.165, 1.54) is 0 Å². The topological polar surface area (TPSA) is 41.6 Å². The molecule has 0 bridgehead atoms. The molecule has 4 heteroatoms. The molecule has 0 aliphatic rings. The van der Waals surface area contributed by atoms with Gasteiger partial charge in [-0.25, -0.2) is 4.98 Å². The Labute approximate surface area is 80.9 Å². The van der Waals surface area contributed by atoms with Gasteiger partial charge in [-0.15, -0.1) is 0 Å². The van der Waals surface area contributed by atoms with Crippen molar-refractivity contribution in [3.05, 3.63) is 28.2 Å². The van der Waals surface area contributed by atoms with Gasteiger partial charge in [0.2, 0.25) is 0 Å². The van der Waals surface area contributed by atoms with E-state index in [1.807, 2.05) is 19.9 Å². The number of nitrogens with zero attached hydrogens (tertiary/aromatic N) is 2. The zero-order chi connectivity index (χ0) is 9.42. The number of aromatic nitrogens is 3. The number of H-pyrrole nitrogens is 1. The number of nitrogens with one attached hydrogen (secondary N) is 1. The molecule has 2 rings (SSSR count). The van der Waals surface area contributed by atoms with Crippen LogP contribution in [0.3, 0.4) is 0 Å². The van der Waals surface area contributed by atoms with E-state index in [2.05, 4.69) is 15.0 Å². The fraction of sp³-hybridized carbons (Fsp3) is 0.222. The fourth-order valence-corrected chi connectivity index (χ4v) is 1.32. The minimum Gasteiger partial charge on any atom is -0.329 e. The summed E-state index contributed by atoms with van der Waals surface area (Å²) in [6, 6.07) is 1.95. The standard InChI is InChI=1S/C9H9N3S/c1-5-3-7-8(12-9(5)13)11-6(2)4-10-7/h3-4H,1-2H3,(H,11,12,13). The van der Waals surface area contributed by atoms with Gasteiger partial charge >= 0.3 is 0 Å². The lowest BCUT2D eigenvalue weighted by Gasteiger charge is -1.99. The lowest BCUT2D eigenvalue weighted by Crippen LogP contribution is -1.91. The summed E-state index contributed by atoms with van der Waals surface area (Å²) >= 11 is 5.10. The van der Waals surface area contributed by atoms with Crippen LogP contribution in [0.5, 0.6) is 0 Å². The third-order valence-electron chi connectivity index (χ3n) is 1.86. The maximum absolute atomic E-state index is 5.10. The van der Waals surface area contributed by atoms with Gasteiger partial charge in [0.15, 0.2) is 5.65 Å². The molecule has 0 spiro atoms. The van der Waals surface area contributed by atoms with E-state index in [4.69, 9.17) is 12.2 Å². The van der Waals surface area contributed by atoms with Crippen LogP contribution in [0.1, 0.15) is 11.3 Å². The molecular formula is C9H9N3S. The maximum Gasteiger partial charge on any atom is 0.157 e. The van der Waals surface area contributed by atoms with Crippen molar-refractivity contribution in [3.8, 4) is 0 Å². The van der Waals surface area contributed by atoms with Crippen molar-refractivity contribution in [3.63, 3.8) is 0 Å². The Bertz CT molecular complexity index is 516. The van der Waals surface area contributed by atoms with Gasteiger partial charge in [0, 0.05) is 6.20 Å². The van der Waals surface area contributed by atoms with Crippen molar-refractivity contribution in [1.29, 1.82) is 0 Å². The predicted molar refractivity (Wildman–Crippen MR) is 54.2 cm³/mol. The summed E-state index contributed by atoms with van der Waals surface area (Å²) in [6.45, 7) is 3.86. The van der Waals surface area contributed by atoms with Gasteiger partial charge in [0.05, 0.1) is 5.69 Å². The average molecular weight is 191 g/mol. The van der Waals surface area contributed by atoms with Gasteiger partial charge in [-0.2, -0.15) is 0 Å². The Morgan fingerprint density at radius 3 is 2.92 bits per heavy atom. The van der Waals surface area contributed by atoms with Crippen LogP contribution in [0.15, 0.2) is 12.3 Å². The molecule has 0 saturated heterocycles. The second-order valence-electron chi connectivity index (χ2n) is 3.03. The first kappa shape index (κ1) is 8.31. The van der Waals surface area contributed by atoms with Crippen molar-refractivity contribution >= 4 is 23.4 Å². The molecule has 1 N–H and O–H groups in total. The van der Waals surface area contributed by atoms with Crippen LogP contribution < -0.4 is 0 Å². The molecule has 0 aromatic carbocycles. The van der Waals surface area contributed by atoms with Crippen molar-refractivity contribution in [1.82, 2.24) is 15.0 Å². The minimum absolute atomic E-state index is 0.729. The Hall–Kier alpha value is -1.29. The third-order valence-corrected chi connectivity index (χ3v) is 2.29. The molecule has 3 nitrogen and oxygen atoms in total. The van der Waals surface area contributed by atoms with Gasteiger partial charge in [0.1, 0.15) is 10.2 Å². The number of rotatable bonds is 0. The molecule has 2 heterocycles. The van der Waals surface area contributed by atoms with E-state index in [0.717, 1.165) is 27.1 Å². The molecule has 0 atom stereocenters. The number of fused-ring (bicyclic) bond motifs is 1. The summed E-state index contributed by atoms with van der Waals surface area (Å²) < 4.78 is 0.729. The first-order valence-electron chi connectivity index (χ1n) is 4.00. The Balaban J connectivity index is 2.89. The van der Waals surface area contributed by atoms with Gasteiger partial charge in [-0.05, 0) is 25.5 Å². The van der Waals surface area contributed by atoms with E-state index >= 15 is 0 Å². The summed E-state index contributed by atoms with van der Waals surface area (Å²) in [5.74, 6) is 0. The number of aromatic amines is 1. The van der Waals surface area contributed by atoms with Crippen LogP contribution in [-0.4, -0.2) is 15.0 Å². The van der Waals surface area contributed by atoms with E-state index in [0.29, 0.717) is 0 Å². The fourth-order valence-electron chi connectivity index (χ4n) is 1.16. The zero-order valence-corrected chi connectivity index (χ0v) is 8.27. The molecule has 0 aliphatic carbocycles. The molecule has 0 unspecified atom stereocenters. The first-order chi connectivity index (χ1) is 6.16. The highest BCUT2D eigenvalue weighted by atomic mass is 32.1. The minimum atomic E-state index is 0.729. The average Bonchev–Trinajstić information content (AvgIpc) is 2.08. The van der Waals surface area contributed by atoms with Crippen LogP contribution in [0.4, 0.5) is 0 Å². The summed E-state index contributed by atoms with van der Waals surface area (Å²) in [4.78, 5) is 11.6. The van der Waals surface area contributed by atoms with Crippen molar-refractivity contribution in [2.45, 2.75) is 13.8 Å². The van der Waals surface area contributed by atoms with Crippen LogP contribution in [0.25, 0.3) is 11.2 Å². The lowest BCUT2D eigenvalue weighted by molar-refractivity contribution is 1.13. The highest BCUT2D eigenvalue weighted by Crippen LogP contribution is 2.09. The number of pyridine rings is 1. The van der Waals surface area contributed by atoms with E-state index in [9.17, 15) is 0 Å². The quantitative estimate of drug-likeness (QED) is 0.650. The second-order valence-corrected chi connectivity index (χ2v) is 3.43. The Morgan fingerprint density at radius 2 is 2.15 bits per heavy atom. The Kier molecular flexibility index (Phi) is 1.84. The van der Waals surface area contributed by atoms with Crippen LogP contribution in [-0.2, 0) is 0 Å². The highest BCUT2D eigenvalue weighted by Gasteiger charge is 1.98. The highest BCUT2D eigenvalue weighted by molar-refractivity contribution is 7.71. The van der Waals surface area contributed by atoms with Gasteiger partial charge in [0.25, 0.3) is 0 Å². The molecular weight excluding hydrogens is 182 g/mol. The lowest BCUT2D eigenvalue weighted by atomic mass is 10.3. The van der Waals surface area contributed by atoms with Crippen LogP contribution in [0, 0.1) is 18.5 Å². The second kappa shape index (κ2) is 2.88. The normalized spacial score (nSPS) is 10.6. The number of hydrogen-bond donors (Lipinski definition) is 1. The molecule has 2 aromatic rings. The molecule has 0 radical (unpaired) electrons. The van der Waals surface area contributed by atoms with Crippen molar-refractivity contribution in [2.75, 3.05) is 0 Å². The van der Waals surface area contributed by atoms with Crippen LogP contribution >= 0.6 is 12.2 Å². The Morgan fingerprint density at radius 1 is 1.38 bits per heavy atom. The van der Waals surface area contributed by atoms with Crippen molar-refractivity contribution in [2.24, 2.45) is 0 Å². The first-order valence-corrected chi connectivity index (χ1v) is 4.41. The molecule has 0 saturated carbocycles. The molecule has 66 valence electrons. The smallest absolute Gasteiger partial charge is 0.157 e. The molecule has 0 aliphatic heterocycles. The van der Waals surface area contributed by atoms with E-state index in [-0.39, 0.29) is 0 Å². The maximum atomic E-state index is 5.10. The molecule has 0 fully saturated rings. The van der Waals surface area contributed by atoms with Crippen molar-refractivity contribution < 1.29 is 0 Å². The largest absolute Gasteiger partial charge is 0.329 e. The van der Waals surface area contributed by atoms with Gasteiger partial charge < -0.3 is 4.98 Å². The summed E-state index contributed by atoms with van der Waals surface area (Å²) in [5, 5.41) is 0. The molecule has 2 aromatic heterocycles. The summed E-state index contributed by atoms with van der Waals surface area (Å²) in [7, 11) is 0. The third kappa shape index (κ3) is 1.45. The zero-order valence-electron chi connectivity index (χ0n) is 7.46. The number of aryl methyl sites for hydroxylation is 2. The predicted octanol–water partition coefficient (Wildman–Crippen LogP) is 2.30.